The highest BCUT2D eigenvalue weighted by atomic mass is 79.9. The van der Waals surface area contributed by atoms with Crippen molar-refractivity contribution >= 4 is 56.7 Å². The molecule has 0 aliphatic rings. The minimum atomic E-state index is -0.634. The smallest absolute Gasteiger partial charge is 0.411 e. The van der Waals surface area contributed by atoms with Gasteiger partial charge >= 0.3 is 6.09 Å². The molecule has 0 aliphatic carbocycles. The third kappa shape index (κ3) is 4.67. The van der Waals surface area contributed by atoms with E-state index in [2.05, 4.69) is 21.2 Å². The second kappa shape index (κ2) is 7.72. The summed E-state index contributed by atoms with van der Waals surface area (Å²) >= 11 is 15.0. The fraction of sp³-hybridized carbons (Fsp3) is 0.333. The molecular weight excluding hydrogens is 357 g/mol. The van der Waals surface area contributed by atoms with E-state index in [0.717, 1.165) is 0 Å². The molecule has 0 bridgehead atoms. The Labute approximate surface area is 129 Å². The third-order valence-corrected chi connectivity index (χ3v) is 3.26. The zero-order valence-electron chi connectivity index (χ0n) is 10.1. The van der Waals surface area contributed by atoms with Crippen molar-refractivity contribution in [2.75, 3.05) is 17.3 Å². The topological polar surface area (TPSA) is 55.4 Å². The molecular formula is C12H12BrCl2NO3. The van der Waals surface area contributed by atoms with E-state index in [-0.39, 0.29) is 26.8 Å². The van der Waals surface area contributed by atoms with Crippen LogP contribution in [-0.4, -0.2) is 23.8 Å². The fourth-order valence-electron chi connectivity index (χ4n) is 1.26. The van der Waals surface area contributed by atoms with Crippen LogP contribution in [0.1, 0.15) is 23.7 Å². The molecule has 0 fully saturated rings. The van der Waals surface area contributed by atoms with Gasteiger partial charge in [0.05, 0.1) is 27.7 Å². The maximum atomic E-state index is 11.5. The number of hydrogen-bond donors (Lipinski definition) is 1. The highest BCUT2D eigenvalue weighted by Gasteiger charge is 2.14. The van der Waals surface area contributed by atoms with E-state index in [1.54, 1.807) is 0 Å². The van der Waals surface area contributed by atoms with Gasteiger partial charge in [-0.25, -0.2) is 4.79 Å². The number of amides is 1. The Morgan fingerprint density at radius 2 is 1.89 bits per heavy atom. The minimum absolute atomic E-state index is 0.149. The summed E-state index contributed by atoms with van der Waals surface area (Å²) in [5.74, 6) is -0.149. The van der Waals surface area contributed by atoms with Crippen LogP contribution in [0.5, 0.6) is 0 Å². The second-order valence-corrected chi connectivity index (χ2v) is 5.01. The number of ether oxygens (including phenoxy) is 1. The molecule has 7 heteroatoms. The fourth-order valence-corrected chi connectivity index (χ4v) is 2.17. The lowest BCUT2D eigenvalue weighted by Gasteiger charge is -2.11. The highest BCUT2D eigenvalue weighted by molar-refractivity contribution is 9.09. The van der Waals surface area contributed by atoms with E-state index in [1.165, 1.54) is 12.1 Å². The molecule has 0 saturated heterocycles. The number of carbonyl (C=O) groups excluding carboxylic acids is 2. The number of rotatable bonds is 5. The van der Waals surface area contributed by atoms with Gasteiger partial charge in [-0.3, -0.25) is 10.1 Å². The normalized spacial score (nSPS) is 10.1. The molecule has 1 aromatic carbocycles. The summed E-state index contributed by atoms with van der Waals surface area (Å²) in [5, 5.41) is 2.99. The average molecular weight is 369 g/mol. The highest BCUT2D eigenvalue weighted by Crippen LogP contribution is 2.32. The number of benzene rings is 1. The van der Waals surface area contributed by atoms with Gasteiger partial charge in [-0.2, -0.15) is 0 Å². The van der Waals surface area contributed by atoms with Crippen molar-refractivity contribution in [1.29, 1.82) is 0 Å². The van der Waals surface area contributed by atoms with Gasteiger partial charge in [0.25, 0.3) is 0 Å². The zero-order chi connectivity index (χ0) is 14.4. The van der Waals surface area contributed by atoms with E-state index in [0.29, 0.717) is 18.6 Å². The van der Waals surface area contributed by atoms with Gasteiger partial charge in [0.2, 0.25) is 0 Å². The van der Waals surface area contributed by atoms with Gasteiger partial charge < -0.3 is 4.74 Å². The first-order valence-electron chi connectivity index (χ1n) is 5.51. The number of hydrogen-bond acceptors (Lipinski definition) is 3. The molecule has 0 aliphatic heterocycles. The average Bonchev–Trinajstić information content (AvgIpc) is 2.39. The molecule has 4 nitrogen and oxygen atoms in total. The molecule has 0 radical (unpaired) electrons. The van der Waals surface area contributed by atoms with Crippen LogP contribution in [-0.2, 0) is 4.74 Å². The molecule has 1 rings (SSSR count). The first kappa shape index (κ1) is 16.3. The molecule has 0 saturated carbocycles. The number of alkyl halides is 1. The van der Waals surface area contributed by atoms with Crippen molar-refractivity contribution in [3.05, 3.63) is 27.7 Å². The van der Waals surface area contributed by atoms with Gasteiger partial charge in [-0.05, 0) is 18.6 Å². The van der Waals surface area contributed by atoms with E-state index in [1.807, 2.05) is 6.92 Å². The maximum absolute atomic E-state index is 11.5. The lowest BCUT2D eigenvalue weighted by atomic mass is 10.1. The molecule has 0 aromatic heterocycles. The Balaban J connectivity index is 2.91. The predicted octanol–water partition coefficient (Wildman–Crippen LogP) is 4.53. The van der Waals surface area contributed by atoms with Crippen LogP contribution in [0.15, 0.2) is 12.1 Å². The number of nitrogens with one attached hydrogen (secondary N) is 1. The quantitative estimate of drug-likeness (QED) is 0.613. The second-order valence-electron chi connectivity index (χ2n) is 3.63. The molecule has 1 amide bonds. The first-order valence-corrected chi connectivity index (χ1v) is 7.39. The largest absolute Gasteiger partial charge is 0.449 e. The van der Waals surface area contributed by atoms with Crippen molar-refractivity contribution in [2.24, 2.45) is 0 Å². The van der Waals surface area contributed by atoms with Crippen LogP contribution in [0.25, 0.3) is 0 Å². The molecule has 0 heterocycles. The third-order valence-electron chi connectivity index (χ3n) is 2.15. The molecule has 104 valence electrons. The molecule has 0 atom stereocenters. The molecule has 19 heavy (non-hydrogen) atoms. The zero-order valence-corrected chi connectivity index (χ0v) is 13.2. The van der Waals surface area contributed by atoms with E-state index in [9.17, 15) is 9.59 Å². The van der Waals surface area contributed by atoms with Crippen LogP contribution in [0, 0.1) is 0 Å². The number of anilines is 1. The van der Waals surface area contributed by atoms with E-state index in [4.69, 9.17) is 27.9 Å². The summed E-state index contributed by atoms with van der Waals surface area (Å²) in [4.78, 5) is 22.9. The van der Waals surface area contributed by atoms with Crippen molar-refractivity contribution in [2.45, 2.75) is 13.3 Å². The lowest BCUT2D eigenvalue weighted by molar-refractivity contribution is 0.102. The number of halogens is 3. The van der Waals surface area contributed by atoms with Gasteiger partial charge in [0.15, 0.2) is 5.78 Å². The molecule has 0 spiro atoms. The van der Waals surface area contributed by atoms with Crippen molar-refractivity contribution in [3.8, 4) is 0 Å². The van der Waals surface area contributed by atoms with Gasteiger partial charge in [0.1, 0.15) is 0 Å². The minimum Gasteiger partial charge on any atom is -0.449 e. The summed E-state index contributed by atoms with van der Waals surface area (Å²) in [6.45, 7) is 2.19. The van der Waals surface area contributed by atoms with Crippen LogP contribution in [0.2, 0.25) is 10.0 Å². The van der Waals surface area contributed by atoms with Gasteiger partial charge in [0, 0.05) is 5.56 Å². The summed E-state index contributed by atoms with van der Waals surface area (Å²) in [6, 6.07) is 2.90. The predicted molar refractivity (Wildman–Crippen MR) is 79.8 cm³/mol. The van der Waals surface area contributed by atoms with Crippen LogP contribution < -0.4 is 5.32 Å². The number of Topliss-reactive ketones (excluding diaryl/α,β-unsaturated/α-hetero) is 1. The summed E-state index contributed by atoms with van der Waals surface area (Å²) < 4.78 is 4.86. The van der Waals surface area contributed by atoms with Crippen LogP contribution in [0.4, 0.5) is 10.5 Å². The van der Waals surface area contributed by atoms with Crippen molar-refractivity contribution in [3.63, 3.8) is 0 Å². The van der Waals surface area contributed by atoms with Gasteiger partial charge in [-0.1, -0.05) is 46.1 Å². The Kier molecular flexibility index (Phi) is 6.62. The Morgan fingerprint density at radius 1 is 1.32 bits per heavy atom. The lowest BCUT2D eigenvalue weighted by Crippen LogP contribution is -2.15. The van der Waals surface area contributed by atoms with Crippen molar-refractivity contribution in [1.82, 2.24) is 0 Å². The Morgan fingerprint density at radius 3 is 2.37 bits per heavy atom. The molecule has 1 aromatic rings. The summed E-state index contributed by atoms with van der Waals surface area (Å²) in [7, 11) is 0. The van der Waals surface area contributed by atoms with Gasteiger partial charge in [-0.15, -0.1) is 0 Å². The molecule has 0 unspecified atom stereocenters. The number of carbonyl (C=O) groups is 2. The maximum Gasteiger partial charge on any atom is 0.411 e. The monoisotopic (exact) mass is 367 g/mol. The van der Waals surface area contributed by atoms with Crippen molar-refractivity contribution < 1.29 is 14.3 Å². The van der Waals surface area contributed by atoms with Crippen LogP contribution >= 0.6 is 39.1 Å². The summed E-state index contributed by atoms with van der Waals surface area (Å²) in [6.07, 6.45) is 0.0818. The number of ketones is 1. The summed E-state index contributed by atoms with van der Waals surface area (Å²) in [5.41, 5.74) is 0.606. The molecule has 1 N–H and O–H groups in total. The van der Waals surface area contributed by atoms with E-state index < -0.39 is 6.09 Å². The Hall–Kier alpha value is -0.780. The van der Waals surface area contributed by atoms with Crippen LogP contribution in [0.3, 0.4) is 0 Å². The van der Waals surface area contributed by atoms with E-state index >= 15 is 0 Å². The Bertz CT molecular complexity index is 471. The first-order chi connectivity index (χ1) is 8.99. The SMILES string of the molecule is CCCOC(=O)Nc1c(Cl)cc(C(=O)CBr)cc1Cl. The standard InChI is InChI=1S/C12H12BrCl2NO3/c1-2-3-19-12(18)16-11-8(14)4-7(5-9(11)15)10(17)6-13/h4-5H,2-3,6H2,1H3,(H,16,18).